The molecule has 4 aliphatic carbocycles. The molecular formula is C42H53NO6. The number of fused-ring (bicyclic) bond motifs is 11. The number of hydrogen-bond acceptors (Lipinski definition) is 6. The molecule has 10 atom stereocenters. The van der Waals surface area contributed by atoms with Crippen molar-refractivity contribution in [3.05, 3.63) is 64.4 Å². The minimum atomic E-state index is -1.20. The fourth-order valence-corrected chi connectivity index (χ4v) is 12.5. The van der Waals surface area contributed by atoms with Crippen molar-refractivity contribution in [1.29, 1.82) is 0 Å². The van der Waals surface area contributed by atoms with Gasteiger partial charge in [0.05, 0.1) is 34.5 Å². The highest BCUT2D eigenvalue weighted by molar-refractivity contribution is 6.18. The standard InChI is InChI=1S/C42H53NO6/c1-20(2)33-36(48)31-30-23(26-19-38(4,5)49-39(6,7)32(26)35(30)47)18-24-25-17-22-11-12-28-40(8,15-13-27(45)21(3)44)29(46)14-16-41(28,9)42(22,10)37(25)43(33)34(24)31/h13,15,18-19,22,27-29,32-33,35,45-47H,1,11-12,14,16-17H2,2-10H3/b15-13+/t22?,27?,28-,29-,32?,33-,35+,40-,41-,42+/m0/s1. The Labute approximate surface area is 290 Å². The molecule has 3 heterocycles. The number of nitrogens with zero attached hydrogens (tertiary/aromatic N) is 1. The van der Waals surface area contributed by atoms with Gasteiger partial charge in [0.15, 0.2) is 11.6 Å². The number of ketones is 2. The van der Waals surface area contributed by atoms with Crippen LogP contribution in [0.2, 0.25) is 0 Å². The van der Waals surface area contributed by atoms with Crippen LogP contribution in [0.15, 0.2) is 36.4 Å². The van der Waals surface area contributed by atoms with Gasteiger partial charge in [-0.3, -0.25) is 9.59 Å². The molecule has 1 aromatic heterocycles. The lowest BCUT2D eigenvalue weighted by atomic mass is 9.40. The second-order valence-corrected chi connectivity index (χ2v) is 18.2. The number of benzene rings is 1. The number of aromatic nitrogens is 1. The molecule has 7 nitrogen and oxygen atoms in total. The summed E-state index contributed by atoms with van der Waals surface area (Å²) in [6, 6.07) is 1.73. The lowest BCUT2D eigenvalue weighted by Crippen LogP contribution is -2.62. The summed E-state index contributed by atoms with van der Waals surface area (Å²) in [6.07, 6.45) is 7.26. The van der Waals surface area contributed by atoms with Crippen molar-refractivity contribution >= 4 is 28.0 Å². The first kappa shape index (κ1) is 33.3. The Bertz CT molecular complexity index is 1940. The van der Waals surface area contributed by atoms with Gasteiger partial charge >= 0.3 is 0 Å². The number of carbonyl (C=O) groups is 2. The predicted octanol–water partition coefficient (Wildman–Crippen LogP) is 7.10. The Balaban J connectivity index is 1.38. The number of carbonyl (C=O) groups excluding carboxylic acids is 2. The highest BCUT2D eigenvalue weighted by atomic mass is 16.5. The molecule has 6 aliphatic rings. The zero-order chi connectivity index (χ0) is 35.5. The van der Waals surface area contributed by atoms with Crippen LogP contribution in [-0.4, -0.2) is 54.9 Å². The number of Topliss-reactive ketones (excluding diaryl/α,β-unsaturated/α-hetero) is 2. The summed E-state index contributed by atoms with van der Waals surface area (Å²) in [5.74, 6) is -0.142. The molecule has 0 radical (unpaired) electrons. The summed E-state index contributed by atoms with van der Waals surface area (Å²) in [7, 11) is 0. The molecule has 8 rings (SSSR count). The number of aliphatic hydroxyl groups is 3. The average Bonchev–Trinajstić information content (AvgIpc) is 3.66. The van der Waals surface area contributed by atoms with E-state index < -0.39 is 41.0 Å². The monoisotopic (exact) mass is 667 g/mol. The van der Waals surface area contributed by atoms with Gasteiger partial charge in [-0.1, -0.05) is 45.1 Å². The second kappa shape index (κ2) is 9.93. The maximum absolute atomic E-state index is 14.8. The molecule has 0 spiro atoms. The van der Waals surface area contributed by atoms with Crippen LogP contribution >= 0.6 is 0 Å². The molecule has 262 valence electrons. The Morgan fingerprint density at radius 3 is 2.43 bits per heavy atom. The topological polar surface area (TPSA) is 109 Å². The van der Waals surface area contributed by atoms with E-state index in [-0.39, 0.29) is 34.2 Å². The number of rotatable bonds is 4. The Morgan fingerprint density at radius 2 is 1.78 bits per heavy atom. The molecule has 0 saturated heterocycles. The van der Waals surface area contributed by atoms with Crippen LogP contribution < -0.4 is 0 Å². The first-order chi connectivity index (χ1) is 22.7. The fourth-order valence-electron chi connectivity index (χ4n) is 12.5. The third-order valence-corrected chi connectivity index (χ3v) is 14.7. The van der Waals surface area contributed by atoms with Crippen molar-refractivity contribution in [2.24, 2.45) is 28.6 Å². The van der Waals surface area contributed by atoms with Crippen molar-refractivity contribution in [2.45, 2.75) is 135 Å². The van der Waals surface area contributed by atoms with Crippen LogP contribution in [0.1, 0.15) is 133 Å². The van der Waals surface area contributed by atoms with E-state index in [9.17, 15) is 24.9 Å². The third-order valence-electron chi connectivity index (χ3n) is 14.7. The van der Waals surface area contributed by atoms with E-state index in [1.165, 1.54) is 18.2 Å². The largest absolute Gasteiger partial charge is 0.392 e. The molecular weight excluding hydrogens is 614 g/mol. The SMILES string of the molecule is C=C(C)[C@H]1C(=O)c2c3c(cc4c5c(n1c24)[C@@]1(C)C(CC[C@H]2[C@](C)(/C=C/C(O)C(C)=O)[C@@H](O)CC[C@@]21C)C5)C1=CC(C)(C)OC(C)(C)C1[C@@H]3O. The summed E-state index contributed by atoms with van der Waals surface area (Å²) in [6.45, 7) is 22.8. The van der Waals surface area contributed by atoms with Crippen LogP contribution in [0.4, 0.5) is 0 Å². The summed E-state index contributed by atoms with van der Waals surface area (Å²) < 4.78 is 8.84. The van der Waals surface area contributed by atoms with E-state index in [0.29, 0.717) is 17.9 Å². The quantitative estimate of drug-likeness (QED) is 0.300. The molecule has 2 fully saturated rings. The van der Waals surface area contributed by atoms with Gasteiger partial charge < -0.3 is 24.6 Å². The van der Waals surface area contributed by atoms with E-state index in [4.69, 9.17) is 4.74 Å². The molecule has 3 unspecified atom stereocenters. The molecule has 2 saturated carbocycles. The van der Waals surface area contributed by atoms with Gasteiger partial charge in [0.2, 0.25) is 0 Å². The van der Waals surface area contributed by atoms with Crippen LogP contribution in [0.5, 0.6) is 0 Å². The summed E-state index contributed by atoms with van der Waals surface area (Å²) >= 11 is 0. The Kier molecular flexibility index (Phi) is 6.75. The highest BCUT2D eigenvalue weighted by Gasteiger charge is 2.68. The predicted molar refractivity (Wildman–Crippen MR) is 190 cm³/mol. The van der Waals surface area contributed by atoms with Crippen LogP contribution in [-0.2, 0) is 21.4 Å². The maximum atomic E-state index is 14.8. The number of aliphatic hydroxyl groups excluding tert-OH is 3. The van der Waals surface area contributed by atoms with Crippen LogP contribution in [0.3, 0.4) is 0 Å². The van der Waals surface area contributed by atoms with Gasteiger partial charge in [-0.25, -0.2) is 0 Å². The molecule has 3 N–H and O–H groups in total. The third kappa shape index (κ3) is 3.94. The summed E-state index contributed by atoms with van der Waals surface area (Å²) in [5.41, 5.74) is 5.34. The molecule has 1 aromatic carbocycles. The second-order valence-electron chi connectivity index (χ2n) is 18.2. The molecule has 0 bridgehead atoms. The average molecular weight is 668 g/mol. The summed E-state index contributed by atoms with van der Waals surface area (Å²) in [5, 5.41) is 35.3. The van der Waals surface area contributed by atoms with E-state index in [1.54, 1.807) is 6.08 Å². The molecule has 2 aliphatic heterocycles. The molecule has 2 aromatic rings. The lowest BCUT2D eigenvalue weighted by Gasteiger charge is -2.64. The highest BCUT2D eigenvalue weighted by Crippen LogP contribution is 2.71. The van der Waals surface area contributed by atoms with E-state index in [2.05, 4.69) is 57.9 Å². The van der Waals surface area contributed by atoms with E-state index in [0.717, 1.165) is 58.9 Å². The van der Waals surface area contributed by atoms with Gasteiger partial charge in [-0.2, -0.15) is 0 Å². The number of hydrogen-bond donors (Lipinski definition) is 3. The van der Waals surface area contributed by atoms with Gasteiger partial charge in [0, 0.05) is 33.4 Å². The van der Waals surface area contributed by atoms with Gasteiger partial charge in [0.1, 0.15) is 12.1 Å². The lowest BCUT2D eigenvalue weighted by molar-refractivity contribution is -0.145. The zero-order valence-corrected chi connectivity index (χ0v) is 30.6. The molecule has 49 heavy (non-hydrogen) atoms. The smallest absolute Gasteiger partial charge is 0.192 e. The van der Waals surface area contributed by atoms with Crippen molar-refractivity contribution in [2.75, 3.05) is 0 Å². The normalized spacial score (nSPS) is 40.1. The van der Waals surface area contributed by atoms with Crippen molar-refractivity contribution in [1.82, 2.24) is 4.57 Å². The van der Waals surface area contributed by atoms with Crippen molar-refractivity contribution < 1.29 is 29.6 Å². The number of allylic oxidation sites excluding steroid dienone is 1. The molecule has 0 amide bonds. The number of ether oxygens (including phenoxy) is 1. The Hall–Kier alpha value is -2.84. The first-order valence-electron chi connectivity index (χ1n) is 18.3. The van der Waals surface area contributed by atoms with Crippen LogP contribution in [0, 0.1) is 28.6 Å². The van der Waals surface area contributed by atoms with Crippen LogP contribution in [0.25, 0.3) is 16.5 Å². The fraction of sp³-hybridized carbons (Fsp3) is 0.619. The summed E-state index contributed by atoms with van der Waals surface area (Å²) in [4.78, 5) is 26.8. The van der Waals surface area contributed by atoms with Gasteiger partial charge in [-0.05, 0) is 120 Å². The van der Waals surface area contributed by atoms with Gasteiger partial charge in [0.25, 0.3) is 0 Å². The Morgan fingerprint density at radius 1 is 1.08 bits per heavy atom. The maximum Gasteiger partial charge on any atom is 0.192 e. The molecule has 7 heteroatoms. The van der Waals surface area contributed by atoms with Crippen molar-refractivity contribution in [3.63, 3.8) is 0 Å². The first-order valence-corrected chi connectivity index (χ1v) is 18.3. The van der Waals surface area contributed by atoms with Crippen molar-refractivity contribution in [3.8, 4) is 0 Å². The van der Waals surface area contributed by atoms with Gasteiger partial charge in [-0.15, -0.1) is 0 Å². The minimum absolute atomic E-state index is 0.0121. The van der Waals surface area contributed by atoms with E-state index in [1.807, 2.05) is 26.8 Å². The minimum Gasteiger partial charge on any atom is -0.392 e. The van der Waals surface area contributed by atoms with E-state index >= 15 is 0 Å². The zero-order valence-electron chi connectivity index (χ0n) is 30.6.